The van der Waals surface area contributed by atoms with Crippen molar-refractivity contribution in [2.24, 2.45) is 4.99 Å². The van der Waals surface area contributed by atoms with Crippen LogP contribution in [0.15, 0.2) is 52.3 Å². The van der Waals surface area contributed by atoms with E-state index in [1.54, 1.807) is 19.6 Å². The molecule has 2 N–H and O–H groups in total. The number of rotatable bonds is 5. The van der Waals surface area contributed by atoms with Crippen molar-refractivity contribution < 1.29 is 4.42 Å². The molecule has 0 radical (unpaired) electrons. The van der Waals surface area contributed by atoms with Gasteiger partial charge in [0.05, 0.1) is 12.5 Å². The third kappa shape index (κ3) is 4.55. The van der Waals surface area contributed by atoms with Gasteiger partial charge in [-0.1, -0.05) is 24.3 Å². The fraction of sp³-hybridized carbons (Fsp3) is 0.421. The van der Waals surface area contributed by atoms with Crippen LogP contribution in [-0.2, 0) is 19.4 Å². The maximum Gasteiger partial charge on any atom is 0.191 e. The minimum absolute atomic E-state index is 0. The van der Waals surface area contributed by atoms with Crippen LogP contribution in [0.3, 0.4) is 0 Å². The standard InChI is InChI=1S/C19H26N4O.HI/c1-20-18(21-12-15-8-9-24-13-15)22-14-19(23(2)3)10-16-6-4-5-7-17(16)11-19;/h4-9,13H,10-12,14H2,1-3H3,(H2,20,21,22);1H. The van der Waals surface area contributed by atoms with Gasteiger partial charge in [-0.25, -0.2) is 0 Å². The molecule has 3 rings (SSSR count). The summed E-state index contributed by atoms with van der Waals surface area (Å²) in [6.45, 7) is 1.55. The zero-order valence-electron chi connectivity index (χ0n) is 15.1. The number of nitrogens with zero attached hydrogens (tertiary/aromatic N) is 2. The number of hydrogen-bond donors (Lipinski definition) is 2. The Kier molecular flexibility index (Phi) is 6.89. The van der Waals surface area contributed by atoms with Gasteiger partial charge in [0.15, 0.2) is 5.96 Å². The van der Waals surface area contributed by atoms with Crippen LogP contribution >= 0.6 is 24.0 Å². The highest BCUT2D eigenvalue weighted by molar-refractivity contribution is 14.0. The zero-order chi connectivity index (χ0) is 17.0. The SMILES string of the molecule is CN=C(NCc1ccoc1)NCC1(N(C)C)Cc2ccccc2C1.I. The second-order valence-electron chi connectivity index (χ2n) is 6.65. The maximum absolute atomic E-state index is 5.10. The summed E-state index contributed by atoms with van der Waals surface area (Å²) in [4.78, 5) is 6.67. The fourth-order valence-electron chi connectivity index (χ4n) is 3.32. The van der Waals surface area contributed by atoms with E-state index < -0.39 is 0 Å². The first-order chi connectivity index (χ1) is 11.6. The van der Waals surface area contributed by atoms with E-state index in [1.165, 1.54) is 11.1 Å². The van der Waals surface area contributed by atoms with Crippen molar-refractivity contribution in [2.45, 2.75) is 24.9 Å². The number of furan rings is 1. The number of likely N-dealkylation sites (N-methyl/N-ethyl adjacent to an activating group) is 1. The number of benzene rings is 1. The number of fused-ring (bicyclic) bond motifs is 1. The smallest absolute Gasteiger partial charge is 0.191 e. The van der Waals surface area contributed by atoms with Gasteiger partial charge in [-0.15, -0.1) is 24.0 Å². The average molecular weight is 454 g/mol. The van der Waals surface area contributed by atoms with Gasteiger partial charge in [-0.2, -0.15) is 0 Å². The van der Waals surface area contributed by atoms with E-state index in [2.05, 4.69) is 58.9 Å². The molecule has 0 saturated heterocycles. The van der Waals surface area contributed by atoms with Crippen LogP contribution in [0.5, 0.6) is 0 Å². The van der Waals surface area contributed by atoms with Crippen LogP contribution in [0.2, 0.25) is 0 Å². The Morgan fingerprint density at radius 2 is 1.84 bits per heavy atom. The van der Waals surface area contributed by atoms with Gasteiger partial charge in [0, 0.05) is 31.2 Å². The molecule has 1 aliphatic rings. The molecule has 0 unspecified atom stereocenters. The lowest BCUT2D eigenvalue weighted by Gasteiger charge is -2.37. The Balaban J connectivity index is 0.00000225. The fourth-order valence-corrected chi connectivity index (χ4v) is 3.32. The summed E-state index contributed by atoms with van der Waals surface area (Å²) in [5.41, 5.74) is 4.09. The molecule has 0 fully saturated rings. The molecule has 0 bridgehead atoms. The zero-order valence-corrected chi connectivity index (χ0v) is 17.4. The van der Waals surface area contributed by atoms with Crippen molar-refractivity contribution in [3.05, 3.63) is 59.5 Å². The number of nitrogens with one attached hydrogen (secondary N) is 2. The summed E-state index contributed by atoms with van der Waals surface area (Å²) in [7, 11) is 6.13. The van der Waals surface area contributed by atoms with E-state index >= 15 is 0 Å². The summed E-state index contributed by atoms with van der Waals surface area (Å²) in [5.74, 6) is 0.813. The molecule has 6 heteroatoms. The van der Waals surface area contributed by atoms with Gasteiger partial charge in [0.1, 0.15) is 0 Å². The van der Waals surface area contributed by atoms with Crippen LogP contribution in [0.25, 0.3) is 0 Å². The number of hydrogen-bond acceptors (Lipinski definition) is 3. The monoisotopic (exact) mass is 454 g/mol. The molecule has 25 heavy (non-hydrogen) atoms. The summed E-state index contributed by atoms with van der Waals surface area (Å²) < 4.78 is 5.10. The summed E-state index contributed by atoms with van der Waals surface area (Å²) >= 11 is 0. The van der Waals surface area contributed by atoms with Crippen LogP contribution < -0.4 is 10.6 Å². The van der Waals surface area contributed by atoms with Crippen molar-refractivity contribution in [1.29, 1.82) is 0 Å². The highest BCUT2D eigenvalue weighted by atomic mass is 127. The van der Waals surface area contributed by atoms with Crippen LogP contribution in [0.4, 0.5) is 0 Å². The Morgan fingerprint density at radius 3 is 2.36 bits per heavy atom. The van der Waals surface area contributed by atoms with Gasteiger partial charge < -0.3 is 20.0 Å². The molecule has 1 aromatic heterocycles. The van der Waals surface area contributed by atoms with E-state index in [4.69, 9.17) is 4.42 Å². The third-order valence-electron chi connectivity index (χ3n) is 4.95. The van der Waals surface area contributed by atoms with E-state index in [-0.39, 0.29) is 29.5 Å². The largest absolute Gasteiger partial charge is 0.472 e. The molecule has 1 aliphatic carbocycles. The molecule has 1 heterocycles. The Hall–Kier alpha value is -1.54. The molecule has 0 saturated carbocycles. The molecule has 0 amide bonds. The van der Waals surface area contributed by atoms with E-state index in [0.29, 0.717) is 6.54 Å². The summed E-state index contributed by atoms with van der Waals surface area (Å²) in [5, 5.41) is 6.83. The highest BCUT2D eigenvalue weighted by Gasteiger charge is 2.39. The second kappa shape index (κ2) is 8.71. The Morgan fingerprint density at radius 1 is 1.16 bits per heavy atom. The predicted octanol–water partition coefficient (Wildman–Crippen LogP) is 2.66. The van der Waals surface area contributed by atoms with Crippen LogP contribution in [-0.4, -0.2) is 44.1 Å². The van der Waals surface area contributed by atoms with Crippen molar-refractivity contribution in [3.8, 4) is 0 Å². The molecule has 1 aromatic carbocycles. The van der Waals surface area contributed by atoms with Gasteiger partial charge in [0.2, 0.25) is 0 Å². The van der Waals surface area contributed by atoms with Crippen molar-refractivity contribution >= 4 is 29.9 Å². The quantitative estimate of drug-likeness (QED) is 0.415. The van der Waals surface area contributed by atoms with E-state index in [1.807, 2.05) is 6.07 Å². The van der Waals surface area contributed by atoms with Gasteiger partial charge in [0.25, 0.3) is 0 Å². The normalized spacial score (nSPS) is 15.6. The van der Waals surface area contributed by atoms with Crippen molar-refractivity contribution in [1.82, 2.24) is 15.5 Å². The lowest BCUT2D eigenvalue weighted by molar-refractivity contribution is 0.165. The van der Waals surface area contributed by atoms with Crippen molar-refractivity contribution in [3.63, 3.8) is 0 Å². The minimum atomic E-state index is 0. The second-order valence-corrected chi connectivity index (χ2v) is 6.65. The molecule has 136 valence electrons. The number of aliphatic imine (C=N–C) groups is 1. The van der Waals surface area contributed by atoms with Crippen molar-refractivity contribution in [2.75, 3.05) is 27.7 Å². The van der Waals surface area contributed by atoms with E-state index in [0.717, 1.165) is 30.9 Å². The summed E-state index contributed by atoms with van der Waals surface area (Å²) in [6.07, 6.45) is 5.54. The number of halogens is 1. The predicted molar refractivity (Wildman–Crippen MR) is 113 cm³/mol. The Bertz CT molecular complexity index is 672. The molecule has 0 aliphatic heterocycles. The summed E-state index contributed by atoms with van der Waals surface area (Å²) in [6, 6.07) is 10.7. The minimum Gasteiger partial charge on any atom is -0.472 e. The van der Waals surface area contributed by atoms with Crippen LogP contribution in [0, 0.1) is 0 Å². The van der Waals surface area contributed by atoms with Crippen LogP contribution in [0.1, 0.15) is 16.7 Å². The third-order valence-corrected chi connectivity index (χ3v) is 4.95. The first-order valence-electron chi connectivity index (χ1n) is 8.33. The first kappa shape index (κ1) is 19.8. The lowest BCUT2D eigenvalue weighted by Crippen LogP contribution is -2.55. The average Bonchev–Trinajstić information content (AvgIpc) is 3.22. The maximum atomic E-state index is 5.10. The molecule has 0 atom stereocenters. The Labute approximate surface area is 166 Å². The van der Waals surface area contributed by atoms with Gasteiger partial charge >= 0.3 is 0 Å². The topological polar surface area (TPSA) is 52.8 Å². The molecular weight excluding hydrogens is 427 g/mol. The highest BCUT2D eigenvalue weighted by Crippen LogP contribution is 2.32. The first-order valence-corrected chi connectivity index (χ1v) is 8.33. The van der Waals surface area contributed by atoms with Gasteiger partial charge in [-0.3, -0.25) is 4.99 Å². The van der Waals surface area contributed by atoms with E-state index in [9.17, 15) is 0 Å². The molecule has 5 nitrogen and oxygen atoms in total. The lowest BCUT2D eigenvalue weighted by atomic mass is 9.94. The van der Waals surface area contributed by atoms with Gasteiger partial charge in [-0.05, 0) is 44.1 Å². The molecular formula is C19H27IN4O. The molecule has 2 aromatic rings. The molecule has 0 spiro atoms. The number of guanidine groups is 1.